The molecule has 0 aliphatic heterocycles. The number of benzene rings is 2. The van der Waals surface area contributed by atoms with Crippen LogP contribution in [0.2, 0.25) is 0 Å². The van der Waals surface area contributed by atoms with Crippen molar-refractivity contribution >= 4 is 32.6 Å². The molecule has 0 atom stereocenters. The highest BCUT2D eigenvalue weighted by Gasteiger charge is 2.10. The number of ether oxygens (including phenoxy) is 2. The number of carbonyl (C=O) groups is 1. The molecule has 5 nitrogen and oxygen atoms in total. The Labute approximate surface area is 163 Å². The van der Waals surface area contributed by atoms with E-state index in [2.05, 4.69) is 17.2 Å². The summed E-state index contributed by atoms with van der Waals surface area (Å²) in [5.41, 5.74) is 2.94. The Bertz CT molecular complexity index is 936. The topological polar surface area (TPSA) is 60.5 Å². The summed E-state index contributed by atoms with van der Waals surface area (Å²) < 4.78 is 12.4. The number of nitrogens with one attached hydrogen (secondary N) is 1. The van der Waals surface area contributed by atoms with Crippen molar-refractivity contribution in [1.29, 1.82) is 0 Å². The number of thiazole rings is 1. The molecule has 27 heavy (non-hydrogen) atoms. The lowest BCUT2D eigenvalue weighted by atomic mass is 10.1. The zero-order valence-electron chi connectivity index (χ0n) is 15.9. The van der Waals surface area contributed by atoms with Crippen LogP contribution in [0.3, 0.4) is 0 Å². The van der Waals surface area contributed by atoms with Crippen LogP contribution < -0.4 is 14.8 Å². The van der Waals surface area contributed by atoms with Crippen molar-refractivity contribution in [1.82, 2.24) is 4.98 Å². The highest BCUT2D eigenvalue weighted by atomic mass is 32.1. The molecule has 0 radical (unpaired) electrons. The first-order valence-electron chi connectivity index (χ1n) is 9.08. The van der Waals surface area contributed by atoms with Gasteiger partial charge in [-0.3, -0.25) is 10.1 Å². The van der Waals surface area contributed by atoms with Gasteiger partial charge in [0.2, 0.25) is 0 Å². The summed E-state index contributed by atoms with van der Waals surface area (Å²) in [5.74, 6) is 1.33. The Hall–Kier alpha value is -2.60. The molecule has 2 aromatic carbocycles. The van der Waals surface area contributed by atoms with Gasteiger partial charge < -0.3 is 9.47 Å². The molecule has 3 aromatic rings. The number of unbranched alkanes of at least 4 members (excludes halogenated alkanes) is 1. The maximum atomic E-state index is 12.2. The van der Waals surface area contributed by atoms with Crippen molar-refractivity contribution in [2.75, 3.05) is 18.5 Å². The lowest BCUT2D eigenvalue weighted by molar-refractivity contribution is -0.118. The van der Waals surface area contributed by atoms with Gasteiger partial charge in [-0.15, -0.1) is 0 Å². The zero-order valence-corrected chi connectivity index (χ0v) is 16.7. The minimum absolute atomic E-state index is 0.0500. The average molecular weight is 385 g/mol. The summed E-state index contributed by atoms with van der Waals surface area (Å²) in [5, 5.41) is 3.37. The Kier molecular flexibility index (Phi) is 6.29. The van der Waals surface area contributed by atoms with Crippen LogP contribution in [-0.2, 0) is 4.79 Å². The lowest BCUT2D eigenvalue weighted by Gasteiger charge is -2.09. The van der Waals surface area contributed by atoms with E-state index in [9.17, 15) is 4.79 Å². The number of hydrogen-bond donors (Lipinski definition) is 1. The monoisotopic (exact) mass is 384 g/mol. The molecule has 0 saturated carbocycles. The molecule has 0 spiro atoms. The van der Waals surface area contributed by atoms with Gasteiger partial charge in [-0.1, -0.05) is 36.8 Å². The van der Waals surface area contributed by atoms with Crippen LogP contribution in [-0.4, -0.2) is 24.1 Å². The first-order valence-corrected chi connectivity index (χ1v) is 9.90. The molecular formula is C21H24N2O3S. The quantitative estimate of drug-likeness (QED) is 0.548. The minimum atomic E-state index is -0.227. The normalized spacial score (nSPS) is 10.8. The SMILES string of the molecule is CCCCOc1ccc2nc(NC(=O)COc3cc(C)ccc3C)sc2c1. The van der Waals surface area contributed by atoms with Crippen LogP contribution in [0.25, 0.3) is 10.2 Å². The number of aromatic nitrogens is 1. The molecule has 0 unspecified atom stereocenters. The standard InChI is InChI=1S/C21H24N2O3S/c1-4-5-10-25-16-8-9-17-19(12-16)27-21(22-17)23-20(24)13-26-18-11-14(2)6-7-15(18)3/h6-9,11-12H,4-5,10,13H2,1-3H3,(H,22,23,24). The third-order valence-electron chi connectivity index (χ3n) is 4.08. The molecule has 0 saturated heterocycles. The highest BCUT2D eigenvalue weighted by molar-refractivity contribution is 7.22. The second kappa shape index (κ2) is 8.86. The number of rotatable bonds is 8. The predicted molar refractivity (Wildman–Crippen MR) is 110 cm³/mol. The third kappa shape index (κ3) is 5.20. The Morgan fingerprint density at radius 3 is 2.81 bits per heavy atom. The van der Waals surface area contributed by atoms with E-state index in [-0.39, 0.29) is 12.5 Å². The predicted octanol–water partition coefficient (Wildman–Crippen LogP) is 5.11. The largest absolute Gasteiger partial charge is 0.494 e. The smallest absolute Gasteiger partial charge is 0.264 e. The van der Waals surface area contributed by atoms with E-state index in [1.807, 2.05) is 50.2 Å². The molecule has 3 rings (SSSR count). The first kappa shape index (κ1) is 19.2. The van der Waals surface area contributed by atoms with Crippen LogP contribution in [0.15, 0.2) is 36.4 Å². The van der Waals surface area contributed by atoms with E-state index in [4.69, 9.17) is 9.47 Å². The summed E-state index contributed by atoms with van der Waals surface area (Å²) in [6, 6.07) is 11.7. The van der Waals surface area contributed by atoms with Crippen LogP contribution in [0.5, 0.6) is 11.5 Å². The lowest BCUT2D eigenvalue weighted by Crippen LogP contribution is -2.20. The second-order valence-corrected chi connectivity index (χ2v) is 7.49. The molecular weight excluding hydrogens is 360 g/mol. The number of carbonyl (C=O) groups excluding carboxylic acids is 1. The van der Waals surface area contributed by atoms with Crippen molar-refractivity contribution in [2.45, 2.75) is 33.6 Å². The second-order valence-electron chi connectivity index (χ2n) is 6.46. The summed E-state index contributed by atoms with van der Waals surface area (Å²) >= 11 is 1.43. The Morgan fingerprint density at radius 2 is 2.00 bits per heavy atom. The molecule has 0 fully saturated rings. The summed E-state index contributed by atoms with van der Waals surface area (Å²) in [6.45, 7) is 6.74. The molecule has 142 valence electrons. The zero-order chi connectivity index (χ0) is 19.2. The Morgan fingerprint density at radius 1 is 1.15 bits per heavy atom. The third-order valence-corrected chi connectivity index (χ3v) is 5.01. The van der Waals surface area contributed by atoms with Gasteiger partial charge in [-0.2, -0.15) is 0 Å². The molecule has 0 aliphatic rings. The molecule has 0 bridgehead atoms. The molecule has 1 heterocycles. The van der Waals surface area contributed by atoms with Gasteiger partial charge >= 0.3 is 0 Å². The van der Waals surface area contributed by atoms with Crippen LogP contribution in [0, 0.1) is 13.8 Å². The molecule has 1 amide bonds. The van der Waals surface area contributed by atoms with Crippen LogP contribution >= 0.6 is 11.3 Å². The molecule has 0 aliphatic carbocycles. The van der Waals surface area contributed by atoms with E-state index < -0.39 is 0 Å². The van der Waals surface area contributed by atoms with Gasteiger partial charge in [0, 0.05) is 0 Å². The fourth-order valence-electron chi connectivity index (χ4n) is 2.54. The van der Waals surface area contributed by atoms with E-state index in [0.29, 0.717) is 11.7 Å². The summed E-state index contributed by atoms with van der Waals surface area (Å²) in [4.78, 5) is 16.7. The summed E-state index contributed by atoms with van der Waals surface area (Å²) in [6.07, 6.45) is 2.13. The number of hydrogen-bond acceptors (Lipinski definition) is 5. The number of aryl methyl sites for hydroxylation is 2. The summed E-state index contributed by atoms with van der Waals surface area (Å²) in [7, 11) is 0. The van der Waals surface area contributed by atoms with Gasteiger partial charge in [-0.25, -0.2) is 4.98 Å². The van der Waals surface area contributed by atoms with Crippen LogP contribution in [0.4, 0.5) is 5.13 Å². The number of anilines is 1. The van der Waals surface area contributed by atoms with Crippen molar-refractivity contribution in [2.24, 2.45) is 0 Å². The fourth-order valence-corrected chi connectivity index (χ4v) is 3.45. The molecule has 6 heteroatoms. The maximum absolute atomic E-state index is 12.2. The van der Waals surface area contributed by atoms with Crippen LogP contribution in [0.1, 0.15) is 30.9 Å². The molecule has 1 aromatic heterocycles. The highest BCUT2D eigenvalue weighted by Crippen LogP contribution is 2.29. The minimum Gasteiger partial charge on any atom is -0.494 e. The van der Waals surface area contributed by atoms with E-state index in [1.165, 1.54) is 11.3 Å². The van der Waals surface area contributed by atoms with Crippen molar-refractivity contribution in [3.8, 4) is 11.5 Å². The van der Waals surface area contributed by atoms with Crippen molar-refractivity contribution < 1.29 is 14.3 Å². The van der Waals surface area contributed by atoms with Gasteiger partial charge in [0.25, 0.3) is 5.91 Å². The number of amides is 1. The number of nitrogens with zero attached hydrogens (tertiary/aromatic N) is 1. The maximum Gasteiger partial charge on any atom is 0.264 e. The average Bonchev–Trinajstić information content (AvgIpc) is 3.04. The first-order chi connectivity index (χ1) is 13.0. The number of fused-ring (bicyclic) bond motifs is 1. The Balaban J connectivity index is 1.60. The van der Waals surface area contributed by atoms with Gasteiger partial charge in [0.1, 0.15) is 11.5 Å². The fraction of sp³-hybridized carbons (Fsp3) is 0.333. The van der Waals surface area contributed by atoms with Crippen molar-refractivity contribution in [3.63, 3.8) is 0 Å². The van der Waals surface area contributed by atoms with Crippen molar-refractivity contribution in [3.05, 3.63) is 47.5 Å². The van der Waals surface area contributed by atoms with Gasteiger partial charge in [-0.05, 0) is 55.7 Å². The van der Waals surface area contributed by atoms with Gasteiger partial charge in [0.05, 0.1) is 16.8 Å². The van der Waals surface area contributed by atoms with Gasteiger partial charge in [0.15, 0.2) is 11.7 Å². The van der Waals surface area contributed by atoms with E-state index in [0.717, 1.165) is 45.7 Å². The van der Waals surface area contributed by atoms with E-state index in [1.54, 1.807) is 0 Å². The molecule has 1 N–H and O–H groups in total. The van der Waals surface area contributed by atoms with E-state index >= 15 is 0 Å².